The number of fused-ring (bicyclic) bond motifs is 1. The van der Waals surface area contributed by atoms with E-state index in [0.717, 1.165) is 10.5 Å². The number of rotatable bonds is 2. The van der Waals surface area contributed by atoms with E-state index in [-0.39, 0.29) is 5.97 Å². The van der Waals surface area contributed by atoms with E-state index in [2.05, 4.69) is 9.84 Å². The van der Waals surface area contributed by atoms with E-state index in [0.29, 0.717) is 5.56 Å². The normalized spacial score (nSPS) is 10.5. The Hall–Kier alpha value is -1.49. The molecule has 2 aromatic rings. The van der Waals surface area contributed by atoms with E-state index in [1.807, 2.05) is 18.4 Å². The third-order valence-electron chi connectivity index (χ3n) is 2.07. The molecule has 0 spiro atoms. The molecule has 78 valence electrons. The number of methoxy groups -OCH3 is 1. The van der Waals surface area contributed by atoms with E-state index < -0.39 is 0 Å². The van der Waals surface area contributed by atoms with Gasteiger partial charge in [-0.05, 0) is 24.5 Å². The van der Waals surface area contributed by atoms with Crippen molar-refractivity contribution in [1.29, 1.82) is 0 Å². The number of nitrogens with zero attached hydrogens (tertiary/aromatic N) is 2. The maximum absolute atomic E-state index is 11.3. The van der Waals surface area contributed by atoms with Gasteiger partial charge in [-0.25, -0.2) is 9.31 Å². The zero-order chi connectivity index (χ0) is 10.8. The van der Waals surface area contributed by atoms with E-state index in [9.17, 15) is 4.79 Å². The number of pyridine rings is 1. The van der Waals surface area contributed by atoms with E-state index >= 15 is 0 Å². The summed E-state index contributed by atoms with van der Waals surface area (Å²) in [5.74, 6) is -0.349. The second kappa shape index (κ2) is 3.94. The lowest BCUT2D eigenvalue weighted by Gasteiger charge is -1.99. The van der Waals surface area contributed by atoms with Crippen molar-refractivity contribution in [2.45, 2.75) is 5.03 Å². The largest absolute Gasteiger partial charge is 0.465 e. The van der Waals surface area contributed by atoms with Crippen LogP contribution in [0.25, 0.3) is 5.52 Å². The van der Waals surface area contributed by atoms with Gasteiger partial charge in [0.25, 0.3) is 0 Å². The molecule has 0 aliphatic heterocycles. The molecule has 0 amide bonds. The van der Waals surface area contributed by atoms with Gasteiger partial charge in [-0.2, -0.15) is 5.10 Å². The first kappa shape index (κ1) is 10.0. The molecule has 0 N–H and O–H groups in total. The van der Waals surface area contributed by atoms with Crippen LogP contribution >= 0.6 is 11.8 Å². The Labute approximate surface area is 91.2 Å². The molecule has 0 aliphatic carbocycles. The minimum atomic E-state index is -0.349. The molecular formula is C10H10N2O2S. The summed E-state index contributed by atoms with van der Waals surface area (Å²) in [5, 5.41) is 5.21. The monoisotopic (exact) mass is 222 g/mol. The number of esters is 1. The van der Waals surface area contributed by atoms with Gasteiger partial charge in [0.1, 0.15) is 5.03 Å². The minimum absolute atomic E-state index is 0.349. The van der Waals surface area contributed by atoms with Gasteiger partial charge >= 0.3 is 5.97 Å². The molecule has 0 unspecified atom stereocenters. The van der Waals surface area contributed by atoms with Gasteiger partial charge < -0.3 is 4.74 Å². The van der Waals surface area contributed by atoms with Crippen LogP contribution in [0.5, 0.6) is 0 Å². The quantitative estimate of drug-likeness (QED) is 0.574. The molecule has 4 nitrogen and oxygen atoms in total. The van der Waals surface area contributed by atoms with E-state index in [1.54, 1.807) is 28.5 Å². The Morgan fingerprint density at radius 2 is 2.33 bits per heavy atom. The van der Waals surface area contributed by atoms with Crippen molar-refractivity contribution in [1.82, 2.24) is 9.61 Å². The van der Waals surface area contributed by atoms with Gasteiger partial charge in [0.2, 0.25) is 0 Å². The van der Waals surface area contributed by atoms with Crippen LogP contribution in [0, 0.1) is 0 Å². The zero-order valence-electron chi connectivity index (χ0n) is 8.43. The Balaban J connectivity index is 2.50. The number of hydrogen-bond acceptors (Lipinski definition) is 4. The minimum Gasteiger partial charge on any atom is -0.465 e. The molecule has 0 atom stereocenters. The number of ether oxygens (including phenoxy) is 1. The van der Waals surface area contributed by atoms with Crippen molar-refractivity contribution in [2.75, 3.05) is 13.4 Å². The Kier molecular flexibility index (Phi) is 2.64. The van der Waals surface area contributed by atoms with Gasteiger partial charge in [-0.1, -0.05) is 0 Å². The van der Waals surface area contributed by atoms with Gasteiger partial charge in [-0.15, -0.1) is 11.8 Å². The Morgan fingerprint density at radius 1 is 1.53 bits per heavy atom. The second-order valence-electron chi connectivity index (χ2n) is 2.97. The lowest BCUT2D eigenvalue weighted by Crippen LogP contribution is -2.02. The molecule has 0 aromatic carbocycles. The summed E-state index contributed by atoms with van der Waals surface area (Å²) in [4.78, 5) is 11.3. The molecular weight excluding hydrogens is 212 g/mol. The van der Waals surface area contributed by atoms with Gasteiger partial charge in [0, 0.05) is 6.20 Å². The fraction of sp³-hybridized carbons (Fsp3) is 0.200. The topological polar surface area (TPSA) is 43.6 Å². The predicted molar refractivity (Wildman–Crippen MR) is 58.3 cm³/mol. The SMILES string of the molecule is COC(=O)c1ccc2cc(SC)nn2c1. The van der Waals surface area contributed by atoms with Crippen molar-refractivity contribution in [3.8, 4) is 0 Å². The van der Waals surface area contributed by atoms with Crippen LogP contribution in [-0.4, -0.2) is 28.9 Å². The summed E-state index contributed by atoms with van der Waals surface area (Å²) >= 11 is 1.57. The molecule has 15 heavy (non-hydrogen) atoms. The lowest BCUT2D eigenvalue weighted by molar-refractivity contribution is 0.0600. The second-order valence-corrected chi connectivity index (χ2v) is 3.79. The number of hydrogen-bond donors (Lipinski definition) is 0. The molecule has 0 radical (unpaired) electrons. The highest BCUT2D eigenvalue weighted by Crippen LogP contribution is 2.16. The van der Waals surface area contributed by atoms with Crippen LogP contribution in [0.4, 0.5) is 0 Å². The summed E-state index contributed by atoms with van der Waals surface area (Å²) in [6, 6.07) is 5.54. The summed E-state index contributed by atoms with van der Waals surface area (Å²) in [6.07, 6.45) is 3.63. The summed E-state index contributed by atoms with van der Waals surface area (Å²) in [5.41, 5.74) is 1.47. The number of thioether (sulfide) groups is 1. The first-order valence-corrected chi connectivity index (χ1v) is 5.59. The van der Waals surface area contributed by atoms with Gasteiger partial charge in [-0.3, -0.25) is 0 Å². The maximum Gasteiger partial charge on any atom is 0.339 e. The Morgan fingerprint density at radius 3 is 3.00 bits per heavy atom. The highest BCUT2D eigenvalue weighted by molar-refractivity contribution is 7.98. The van der Waals surface area contributed by atoms with Crippen molar-refractivity contribution in [2.24, 2.45) is 0 Å². The van der Waals surface area contributed by atoms with Gasteiger partial charge in [0.15, 0.2) is 0 Å². The smallest absolute Gasteiger partial charge is 0.339 e. The third-order valence-corrected chi connectivity index (χ3v) is 2.69. The molecule has 2 aromatic heterocycles. The number of aromatic nitrogens is 2. The third kappa shape index (κ3) is 1.83. The summed E-state index contributed by atoms with van der Waals surface area (Å²) < 4.78 is 6.31. The van der Waals surface area contributed by atoms with Crippen LogP contribution in [0.15, 0.2) is 29.4 Å². The van der Waals surface area contributed by atoms with Crippen molar-refractivity contribution in [3.05, 3.63) is 30.0 Å². The average Bonchev–Trinajstić information content (AvgIpc) is 2.69. The van der Waals surface area contributed by atoms with Crippen LogP contribution in [-0.2, 0) is 4.74 Å². The molecule has 0 fully saturated rings. The number of carbonyl (C=O) groups excluding carboxylic acids is 1. The first-order chi connectivity index (χ1) is 7.24. The fourth-order valence-corrected chi connectivity index (χ4v) is 1.71. The summed E-state index contributed by atoms with van der Waals surface area (Å²) in [7, 11) is 1.36. The van der Waals surface area contributed by atoms with Crippen molar-refractivity contribution < 1.29 is 9.53 Å². The van der Waals surface area contributed by atoms with Crippen molar-refractivity contribution in [3.63, 3.8) is 0 Å². The highest BCUT2D eigenvalue weighted by Gasteiger charge is 2.07. The zero-order valence-corrected chi connectivity index (χ0v) is 9.25. The summed E-state index contributed by atoms with van der Waals surface area (Å²) in [6.45, 7) is 0. The first-order valence-electron chi connectivity index (χ1n) is 4.36. The van der Waals surface area contributed by atoms with Crippen LogP contribution in [0.3, 0.4) is 0 Å². The highest BCUT2D eigenvalue weighted by atomic mass is 32.2. The molecule has 0 aliphatic rings. The molecule has 2 heterocycles. The molecule has 0 saturated heterocycles. The van der Waals surface area contributed by atoms with Crippen LogP contribution < -0.4 is 0 Å². The molecule has 2 rings (SSSR count). The standard InChI is InChI=1S/C10H10N2O2S/c1-14-10(13)7-3-4-8-5-9(15-2)11-12(8)6-7/h3-6H,1-2H3. The van der Waals surface area contributed by atoms with E-state index in [4.69, 9.17) is 0 Å². The lowest BCUT2D eigenvalue weighted by atomic mass is 10.3. The van der Waals surface area contributed by atoms with Crippen LogP contribution in [0.1, 0.15) is 10.4 Å². The molecule has 5 heteroatoms. The van der Waals surface area contributed by atoms with E-state index in [1.165, 1.54) is 7.11 Å². The fourth-order valence-electron chi connectivity index (χ4n) is 1.30. The van der Waals surface area contributed by atoms with Gasteiger partial charge in [0.05, 0.1) is 18.2 Å². The Bertz CT molecular complexity index is 507. The predicted octanol–water partition coefficient (Wildman–Crippen LogP) is 1.84. The van der Waals surface area contributed by atoms with Crippen LogP contribution in [0.2, 0.25) is 0 Å². The number of carbonyl (C=O) groups is 1. The molecule has 0 bridgehead atoms. The average molecular weight is 222 g/mol. The maximum atomic E-state index is 11.3. The molecule has 0 saturated carbocycles. The van der Waals surface area contributed by atoms with Crippen molar-refractivity contribution >= 4 is 23.2 Å².